The van der Waals surface area contributed by atoms with E-state index in [0.29, 0.717) is 10.5 Å². The van der Waals surface area contributed by atoms with E-state index in [-0.39, 0.29) is 5.95 Å². The Balaban J connectivity index is 2.40. The van der Waals surface area contributed by atoms with Crippen molar-refractivity contribution in [3.8, 4) is 0 Å². The summed E-state index contributed by atoms with van der Waals surface area (Å²) in [4.78, 5) is 0. The summed E-state index contributed by atoms with van der Waals surface area (Å²) in [6.45, 7) is 0. The fourth-order valence-electron chi connectivity index (χ4n) is 0.900. The zero-order valence-electron chi connectivity index (χ0n) is 5.22. The second kappa shape index (κ2) is 2.05. The Labute approximate surface area is 66.2 Å². The Bertz CT molecular complexity index is 254. The van der Waals surface area contributed by atoms with Crippen molar-refractivity contribution < 1.29 is 4.39 Å². The monoisotopic (exact) mass is 204 g/mol. The Morgan fingerprint density at radius 1 is 1.70 bits per heavy atom. The van der Waals surface area contributed by atoms with Crippen LogP contribution in [-0.4, -0.2) is 9.78 Å². The third kappa shape index (κ3) is 0.868. The molecule has 54 valence electrons. The maximum atomic E-state index is 12.9. The molecular weight excluding hydrogens is 199 g/mol. The Kier molecular flexibility index (Phi) is 1.30. The minimum Gasteiger partial charge on any atom is -0.236 e. The van der Waals surface area contributed by atoms with Crippen LogP contribution in [0.4, 0.5) is 4.39 Å². The van der Waals surface area contributed by atoms with Crippen LogP contribution in [0.25, 0.3) is 0 Å². The van der Waals surface area contributed by atoms with Crippen LogP contribution in [0.15, 0.2) is 10.7 Å². The van der Waals surface area contributed by atoms with E-state index in [0.717, 1.165) is 12.8 Å². The highest BCUT2D eigenvalue weighted by Crippen LogP contribution is 2.35. The van der Waals surface area contributed by atoms with E-state index in [1.54, 1.807) is 0 Å². The molecule has 0 N–H and O–H groups in total. The van der Waals surface area contributed by atoms with Gasteiger partial charge in [-0.1, -0.05) is 0 Å². The minimum atomic E-state index is -0.248. The van der Waals surface area contributed by atoms with E-state index >= 15 is 0 Å². The second-order valence-corrected chi connectivity index (χ2v) is 3.31. The minimum absolute atomic E-state index is 0.248. The first-order chi connectivity index (χ1) is 4.79. The van der Waals surface area contributed by atoms with Crippen LogP contribution in [0.3, 0.4) is 0 Å². The van der Waals surface area contributed by atoms with Crippen LogP contribution in [0.1, 0.15) is 18.9 Å². The summed E-state index contributed by atoms with van der Waals surface area (Å²) < 4.78 is 14.8. The molecule has 1 saturated carbocycles. The predicted molar refractivity (Wildman–Crippen MR) is 38.2 cm³/mol. The van der Waals surface area contributed by atoms with Crippen molar-refractivity contribution in [1.29, 1.82) is 0 Å². The summed E-state index contributed by atoms with van der Waals surface area (Å²) in [7, 11) is 0. The highest BCUT2D eigenvalue weighted by Gasteiger charge is 2.27. The van der Waals surface area contributed by atoms with Crippen molar-refractivity contribution in [3.05, 3.63) is 16.6 Å². The number of hydrogen-bond acceptors (Lipinski definition) is 1. The molecule has 0 atom stereocenters. The molecule has 0 radical (unpaired) electrons. The van der Waals surface area contributed by atoms with E-state index in [1.165, 1.54) is 10.9 Å². The van der Waals surface area contributed by atoms with Crippen LogP contribution >= 0.6 is 15.9 Å². The number of halogens is 2. The lowest BCUT2D eigenvalue weighted by Gasteiger charge is -1.95. The van der Waals surface area contributed by atoms with Gasteiger partial charge in [0.15, 0.2) is 0 Å². The van der Waals surface area contributed by atoms with Crippen molar-refractivity contribution in [2.75, 3.05) is 0 Å². The molecule has 4 heteroatoms. The number of aromatic nitrogens is 2. The average Bonchev–Trinajstić information content (AvgIpc) is 2.67. The van der Waals surface area contributed by atoms with Gasteiger partial charge in [0, 0.05) is 0 Å². The quantitative estimate of drug-likeness (QED) is 0.686. The second-order valence-electron chi connectivity index (χ2n) is 2.46. The fourth-order valence-corrected chi connectivity index (χ4v) is 1.17. The molecule has 1 aliphatic rings. The van der Waals surface area contributed by atoms with Gasteiger partial charge in [-0.25, -0.2) is 4.68 Å². The first-order valence-electron chi connectivity index (χ1n) is 3.17. The summed E-state index contributed by atoms with van der Waals surface area (Å²) in [5.74, 6) is -0.248. The molecule has 0 aromatic carbocycles. The lowest BCUT2D eigenvalue weighted by molar-refractivity contribution is 0.460. The first-order valence-corrected chi connectivity index (χ1v) is 3.97. The maximum absolute atomic E-state index is 12.9. The van der Waals surface area contributed by atoms with Gasteiger partial charge in [0.25, 0.3) is 0 Å². The van der Waals surface area contributed by atoms with Crippen LogP contribution in [0.2, 0.25) is 0 Å². The summed E-state index contributed by atoms with van der Waals surface area (Å²) in [5.41, 5.74) is 0. The predicted octanol–water partition coefficient (Wildman–Crippen LogP) is 2.12. The Morgan fingerprint density at radius 2 is 2.40 bits per heavy atom. The van der Waals surface area contributed by atoms with E-state index in [4.69, 9.17) is 0 Å². The largest absolute Gasteiger partial charge is 0.236 e. The summed E-state index contributed by atoms with van der Waals surface area (Å²) in [6, 6.07) is 0.325. The van der Waals surface area contributed by atoms with E-state index in [9.17, 15) is 4.39 Å². The molecule has 2 rings (SSSR count). The number of hydrogen-bond donors (Lipinski definition) is 0. The Morgan fingerprint density at radius 3 is 2.80 bits per heavy atom. The smallest absolute Gasteiger partial charge is 0.226 e. The van der Waals surface area contributed by atoms with Gasteiger partial charge >= 0.3 is 0 Å². The molecule has 0 saturated heterocycles. The van der Waals surface area contributed by atoms with Gasteiger partial charge in [-0.05, 0) is 28.8 Å². The standard InChI is InChI=1S/C6H6BrFN2/c7-5-3-9-10(6(5)8)4-1-2-4/h3-4H,1-2H2. The molecule has 1 aromatic rings. The Hall–Kier alpha value is -0.380. The summed E-state index contributed by atoms with van der Waals surface area (Å²) >= 11 is 3.05. The SMILES string of the molecule is Fc1c(Br)cnn1C1CC1. The molecule has 0 aliphatic heterocycles. The number of rotatable bonds is 1. The molecule has 0 spiro atoms. The maximum Gasteiger partial charge on any atom is 0.226 e. The molecular formula is C6H6BrFN2. The van der Waals surface area contributed by atoms with Gasteiger partial charge in [0.05, 0.1) is 16.7 Å². The van der Waals surface area contributed by atoms with Gasteiger partial charge in [-0.15, -0.1) is 0 Å². The van der Waals surface area contributed by atoms with Crippen LogP contribution in [-0.2, 0) is 0 Å². The third-order valence-corrected chi connectivity index (χ3v) is 2.12. The molecule has 0 amide bonds. The third-order valence-electron chi connectivity index (χ3n) is 1.59. The molecule has 2 nitrogen and oxygen atoms in total. The molecule has 1 heterocycles. The molecule has 1 fully saturated rings. The van der Waals surface area contributed by atoms with E-state index < -0.39 is 0 Å². The molecule has 10 heavy (non-hydrogen) atoms. The van der Waals surface area contributed by atoms with E-state index in [2.05, 4.69) is 21.0 Å². The van der Waals surface area contributed by atoms with Gasteiger partial charge in [0.1, 0.15) is 0 Å². The normalized spacial score (nSPS) is 17.8. The lowest BCUT2D eigenvalue weighted by Crippen LogP contribution is -1.98. The molecule has 0 bridgehead atoms. The van der Waals surface area contributed by atoms with Crippen LogP contribution < -0.4 is 0 Å². The average molecular weight is 205 g/mol. The van der Waals surface area contributed by atoms with Crippen LogP contribution in [0.5, 0.6) is 0 Å². The summed E-state index contributed by atoms with van der Waals surface area (Å²) in [6.07, 6.45) is 3.61. The lowest BCUT2D eigenvalue weighted by atomic mass is 10.6. The molecule has 1 aromatic heterocycles. The van der Waals surface area contributed by atoms with Gasteiger partial charge < -0.3 is 0 Å². The zero-order valence-corrected chi connectivity index (χ0v) is 6.81. The number of nitrogens with zero attached hydrogens (tertiary/aromatic N) is 2. The van der Waals surface area contributed by atoms with Crippen molar-refractivity contribution >= 4 is 15.9 Å². The van der Waals surface area contributed by atoms with Crippen molar-refractivity contribution in [1.82, 2.24) is 9.78 Å². The first kappa shape index (κ1) is 6.34. The van der Waals surface area contributed by atoms with Crippen molar-refractivity contribution in [2.45, 2.75) is 18.9 Å². The fraction of sp³-hybridized carbons (Fsp3) is 0.500. The zero-order chi connectivity index (χ0) is 7.14. The van der Waals surface area contributed by atoms with Crippen LogP contribution in [0, 0.1) is 5.95 Å². The highest BCUT2D eigenvalue weighted by atomic mass is 79.9. The highest BCUT2D eigenvalue weighted by molar-refractivity contribution is 9.10. The van der Waals surface area contributed by atoms with Gasteiger partial charge in [-0.3, -0.25) is 0 Å². The van der Waals surface area contributed by atoms with Crippen molar-refractivity contribution in [3.63, 3.8) is 0 Å². The molecule has 1 aliphatic carbocycles. The topological polar surface area (TPSA) is 17.8 Å². The summed E-state index contributed by atoms with van der Waals surface area (Å²) in [5, 5.41) is 3.87. The van der Waals surface area contributed by atoms with Crippen molar-refractivity contribution in [2.24, 2.45) is 0 Å². The van der Waals surface area contributed by atoms with Gasteiger partial charge in [0.2, 0.25) is 5.95 Å². The van der Waals surface area contributed by atoms with Gasteiger partial charge in [-0.2, -0.15) is 9.49 Å². The molecule has 0 unspecified atom stereocenters. The van der Waals surface area contributed by atoms with E-state index in [1.807, 2.05) is 0 Å².